The van der Waals surface area contributed by atoms with Crippen molar-refractivity contribution in [1.29, 1.82) is 0 Å². The molecule has 1 nitrogen and oxygen atoms in total. The van der Waals surface area contributed by atoms with Crippen LogP contribution in [0.15, 0.2) is 42.5 Å². The van der Waals surface area contributed by atoms with Crippen molar-refractivity contribution in [3.05, 3.63) is 69.2 Å². The summed E-state index contributed by atoms with van der Waals surface area (Å²) in [5.41, 5.74) is 4.03. The van der Waals surface area contributed by atoms with Gasteiger partial charge < -0.3 is 5.32 Å². The van der Waals surface area contributed by atoms with Gasteiger partial charge in [-0.2, -0.15) is 0 Å². The van der Waals surface area contributed by atoms with Gasteiger partial charge in [0.2, 0.25) is 0 Å². The van der Waals surface area contributed by atoms with E-state index in [1.54, 1.807) is 0 Å². The van der Waals surface area contributed by atoms with E-state index in [4.69, 9.17) is 23.2 Å². The number of nitrogens with one attached hydrogen (secondary N) is 1. The molecule has 3 heteroatoms. The van der Waals surface area contributed by atoms with Crippen molar-refractivity contribution in [3.63, 3.8) is 0 Å². The fraction of sp³-hybridized carbons (Fsp3) is 0.333. The number of hydrogen-bond donors (Lipinski definition) is 1. The van der Waals surface area contributed by atoms with Gasteiger partial charge in [0.1, 0.15) is 0 Å². The highest BCUT2D eigenvalue weighted by Crippen LogP contribution is 2.39. The van der Waals surface area contributed by atoms with Crippen LogP contribution in [0.2, 0.25) is 10.0 Å². The predicted octanol–water partition coefficient (Wildman–Crippen LogP) is 5.06. The minimum atomic E-state index is 0.404. The number of benzene rings is 2. The van der Waals surface area contributed by atoms with Crippen molar-refractivity contribution in [3.8, 4) is 0 Å². The summed E-state index contributed by atoms with van der Waals surface area (Å²) in [5.74, 6) is 0.526. The molecule has 1 N–H and O–H groups in total. The molecule has 0 saturated heterocycles. The summed E-state index contributed by atoms with van der Waals surface area (Å²) in [6.45, 7) is 3.13. The highest BCUT2D eigenvalue weighted by molar-refractivity contribution is 6.42. The van der Waals surface area contributed by atoms with Gasteiger partial charge in [-0.1, -0.05) is 66.5 Å². The van der Waals surface area contributed by atoms with E-state index in [0.29, 0.717) is 22.0 Å². The van der Waals surface area contributed by atoms with E-state index in [1.807, 2.05) is 12.1 Å². The zero-order valence-electron chi connectivity index (χ0n) is 12.1. The lowest BCUT2D eigenvalue weighted by Crippen LogP contribution is -2.26. The van der Waals surface area contributed by atoms with Crippen molar-refractivity contribution >= 4 is 23.2 Å². The second kappa shape index (κ2) is 6.39. The largest absolute Gasteiger partial charge is 0.310 e. The summed E-state index contributed by atoms with van der Waals surface area (Å²) in [7, 11) is 0. The lowest BCUT2D eigenvalue weighted by molar-refractivity contribution is 0.394. The molecule has 21 heavy (non-hydrogen) atoms. The van der Waals surface area contributed by atoms with Gasteiger partial charge in [0.15, 0.2) is 0 Å². The Morgan fingerprint density at radius 1 is 1.10 bits per heavy atom. The van der Waals surface area contributed by atoms with Gasteiger partial charge in [0.05, 0.1) is 10.0 Å². The molecule has 3 rings (SSSR count). The lowest BCUT2D eigenvalue weighted by Gasteiger charge is -2.22. The van der Waals surface area contributed by atoms with Crippen molar-refractivity contribution < 1.29 is 0 Å². The van der Waals surface area contributed by atoms with E-state index < -0.39 is 0 Å². The third-order valence-corrected chi connectivity index (χ3v) is 5.14. The quantitative estimate of drug-likeness (QED) is 0.830. The highest BCUT2D eigenvalue weighted by atomic mass is 35.5. The summed E-state index contributed by atoms with van der Waals surface area (Å²) in [6.07, 6.45) is 2.04. The van der Waals surface area contributed by atoms with Crippen LogP contribution in [0.25, 0.3) is 0 Å². The molecule has 2 unspecified atom stereocenters. The minimum absolute atomic E-state index is 0.404. The third kappa shape index (κ3) is 2.96. The van der Waals surface area contributed by atoms with Crippen LogP contribution in [0, 0.1) is 5.92 Å². The van der Waals surface area contributed by atoms with Crippen molar-refractivity contribution in [2.24, 2.45) is 5.92 Å². The SMILES string of the molecule is CCNC1c2ccccc2CC1Cc1cccc(Cl)c1Cl. The van der Waals surface area contributed by atoms with Gasteiger partial charge >= 0.3 is 0 Å². The number of hydrogen-bond acceptors (Lipinski definition) is 1. The van der Waals surface area contributed by atoms with Crippen molar-refractivity contribution in [2.45, 2.75) is 25.8 Å². The molecular formula is C18H19Cl2N. The molecule has 0 aromatic heterocycles. The van der Waals surface area contributed by atoms with Gasteiger partial charge in [0.25, 0.3) is 0 Å². The van der Waals surface area contributed by atoms with E-state index in [2.05, 4.69) is 42.6 Å². The molecule has 0 saturated carbocycles. The minimum Gasteiger partial charge on any atom is -0.310 e. The molecule has 2 atom stereocenters. The van der Waals surface area contributed by atoms with Gasteiger partial charge in [-0.05, 0) is 48.1 Å². The molecular weight excluding hydrogens is 301 g/mol. The van der Waals surface area contributed by atoms with Crippen LogP contribution in [0.5, 0.6) is 0 Å². The van der Waals surface area contributed by atoms with Crippen molar-refractivity contribution in [1.82, 2.24) is 5.32 Å². The monoisotopic (exact) mass is 319 g/mol. The second-order valence-corrected chi connectivity index (χ2v) is 6.40. The Kier molecular flexibility index (Phi) is 4.54. The Morgan fingerprint density at radius 3 is 2.71 bits per heavy atom. The molecule has 2 aromatic carbocycles. The molecule has 0 heterocycles. The summed E-state index contributed by atoms with van der Waals surface area (Å²) in [5, 5.41) is 4.97. The first-order valence-electron chi connectivity index (χ1n) is 7.44. The van der Waals surface area contributed by atoms with E-state index in [9.17, 15) is 0 Å². The average molecular weight is 320 g/mol. The summed E-state index contributed by atoms with van der Waals surface area (Å²) >= 11 is 12.5. The summed E-state index contributed by atoms with van der Waals surface area (Å²) in [6, 6.07) is 15.0. The molecule has 0 bridgehead atoms. The van der Waals surface area contributed by atoms with Gasteiger partial charge in [-0.3, -0.25) is 0 Å². The molecule has 0 amide bonds. The first-order valence-corrected chi connectivity index (χ1v) is 8.20. The van der Waals surface area contributed by atoms with Crippen molar-refractivity contribution in [2.75, 3.05) is 6.54 Å². The molecule has 1 aliphatic carbocycles. The van der Waals surface area contributed by atoms with Crippen LogP contribution >= 0.6 is 23.2 Å². The van der Waals surface area contributed by atoms with Crippen LogP contribution in [-0.4, -0.2) is 6.54 Å². The molecule has 0 spiro atoms. The Balaban J connectivity index is 1.87. The molecule has 110 valence electrons. The molecule has 1 aliphatic rings. The Labute approximate surface area is 136 Å². The first kappa shape index (κ1) is 14.9. The maximum atomic E-state index is 6.36. The van der Waals surface area contributed by atoms with E-state index >= 15 is 0 Å². The lowest BCUT2D eigenvalue weighted by atomic mass is 9.92. The van der Waals surface area contributed by atoms with Crippen LogP contribution in [0.1, 0.15) is 29.7 Å². The Morgan fingerprint density at radius 2 is 1.90 bits per heavy atom. The predicted molar refractivity (Wildman–Crippen MR) is 90.2 cm³/mol. The molecule has 0 radical (unpaired) electrons. The Bertz CT molecular complexity index is 639. The van der Waals surface area contributed by atoms with Gasteiger partial charge in [0, 0.05) is 6.04 Å². The fourth-order valence-corrected chi connectivity index (χ4v) is 3.75. The van der Waals surface area contributed by atoms with Crippen LogP contribution < -0.4 is 5.32 Å². The maximum absolute atomic E-state index is 6.36. The van der Waals surface area contributed by atoms with Gasteiger partial charge in [-0.15, -0.1) is 0 Å². The van der Waals surface area contributed by atoms with Crippen LogP contribution in [-0.2, 0) is 12.8 Å². The molecule has 0 aliphatic heterocycles. The third-order valence-electron chi connectivity index (χ3n) is 4.28. The average Bonchev–Trinajstić information content (AvgIpc) is 2.82. The van der Waals surface area contributed by atoms with Gasteiger partial charge in [-0.25, -0.2) is 0 Å². The molecule has 2 aromatic rings. The number of fused-ring (bicyclic) bond motifs is 1. The summed E-state index contributed by atoms with van der Waals surface area (Å²) in [4.78, 5) is 0. The number of halogens is 2. The second-order valence-electron chi connectivity index (χ2n) is 5.62. The topological polar surface area (TPSA) is 12.0 Å². The summed E-state index contributed by atoms with van der Waals surface area (Å²) < 4.78 is 0. The fourth-order valence-electron chi connectivity index (χ4n) is 3.35. The smallest absolute Gasteiger partial charge is 0.0624 e. The normalized spacial score (nSPS) is 20.5. The highest BCUT2D eigenvalue weighted by Gasteiger charge is 2.31. The number of rotatable bonds is 4. The molecule has 0 fully saturated rings. The maximum Gasteiger partial charge on any atom is 0.0624 e. The first-order chi connectivity index (χ1) is 10.2. The van der Waals surface area contributed by atoms with Crippen LogP contribution in [0.3, 0.4) is 0 Å². The zero-order chi connectivity index (χ0) is 14.8. The standard InChI is InChI=1S/C18H19Cl2N/c1-2-21-18-14(10-12-6-3-4-8-15(12)18)11-13-7-5-9-16(19)17(13)20/h3-9,14,18,21H,2,10-11H2,1H3. The Hall–Kier alpha value is -1.02. The van der Waals surface area contributed by atoms with E-state index in [0.717, 1.165) is 24.9 Å². The van der Waals surface area contributed by atoms with E-state index in [-0.39, 0.29) is 0 Å². The zero-order valence-corrected chi connectivity index (χ0v) is 13.6. The van der Waals surface area contributed by atoms with E-state index in [1.165, 1.54) is 11.1 Å². The van der Waals surface area contributed by atoms with Crippen LogP contribution in [0.4, 0.5) is 0 Å².